The third-order valence-corrected chi connectivity index (χ3v) is 5.94. The first-order valence-corrected chi connectivity index (χ1v) is 10.5. The molecule has 0 bridgehead atoms. The van der Waals surface area contributed by atoms with Gasteiger partial charge in [0.05, 0.1) is 11.7 Å². The minimum atomic E-state index is -4.60. The number of carbonyl (C=O) groups is 1. The number of carbonyl (C=O) groups excluding carboxylic acids is 1. The van der Waals surface area contributed by atoms with E-state index in [1.165, 1.54) is 6.07 Å². The van der Waals surface area contributed by atoms with Crippen molar-refractivity contribution in [3.8, 4) is 0 Å². The van der Waals surface area contributed by atoms with Gasteiger partial charge < -0.3 is 9.42 Å². The fourth-order valence-corrected chi connectivity index (χ4v) is 4.22. The van der Waals surface area contributed by atoms with Crippen LogP contribution in [0.4, 0.5) is 13.2 Å². The number of fused-ring (bicyclic) bond motifs is 1. The molecule has 0 aromatic carbocycles. The number of aromatic nitrogens is 4. The number of hydrogen-bond donors (Lipinski definition) is 0. The predicted molar refractivity (Wildman–Crippen MR) is 103 cm³/mol. The van der Waals surface area contributed by atoms with Gasteiger partial charge in [0.15, 0.2) is 17.1 Å². The Kier molecular flexibility index (Phi) is 4.75. The number of alkyl halides is 3. The second-order valence-electron chi connectivity index (χ2n) is 8.37. The van der Waals surface area contributed by atoms with Gasteiger partial charge in [0.2, 0.25) is 0 Å². The summed E-state index contributed by atoms with van der Waals surface area (Å²) in [5, 5.41) is 7.96. The van der Waals surface area contributed by atoms with Crippen LogP contribution < -0.4 is 0 Å². The van der Waals surface area contributed by atoms with Gasteiger partial charge in [-0.3, -0.25) is 4.79 Å². The molecule has 5 rings (SSSR count). The number of aryl methyl sites for hydroxylation is 1. The van der Waals surface area contributed by atoms with E-state index >= 15 is 0 Å². The topological polar surface area (TPSA) is 76.5 Å². The first-order chi connectivity index (χ1) is 14.8. The summed E-state index contributed by atoms with van der Waals surface area (Å²) in [6.07, 6.45) is 0.442. The van der Waals surface area contributed by atoms with Crippen molar-refractivity contribution in [2.75, 3.05) is 6.54 Å². The Morgan fingerprint density at radius 1 is 1.13 bits per heavy atom. The van der Waals surface area contributed by atoms with Crippen LogP contribution in [0.2, 0.25) is 0 Å². The van der Waals surface area contributed by atoms with E-state index in [4.69, 9.17) is 4.52 Å². The SMILES string of the molecule is Cc1cc([C@H]2CCCCCN2C(=O)c2cc3nc(C4CC4)cc(C(F)(F)F)n3n2)on1. The highest BCUT2D eigenvalue weighted by Crippen LogP contribution is 2.41. The van der Waals surface area contributed by atoms with Gasteiger partial charge in [-0.15, -0.1) is 0 Å². The van der Waals surface area contributed by atoms with Crippen molar-refractivity contribution in [1.82, 2.24) is 24.7 Å². The molecule has 10 heteroatoms. The zero-order valence-electron chi connectivity index (χ0n) is 17.0. The lowest BCUT2D eigenvalue weighted by Gasteiger charge is -2.27. The van der Waals surface area contributed by atoms with Crippen LogP contribution in [0.1, 0.15) is 83.8 Å². The fraction of sp³-hybridized carbons (Fsp3) is 0.524. The summed E-state index contributed by atoms with van der Waals surface area (Å²) in [5.41, 5.74) is 0.210. The van der Waals surface area contributed by atoms with E-state index in [0.29, 0.717) is 30.1 Å². The lowest BCUT2D eigenvalue weighted by Crippen LogP contribution is -2.35. The first-order valence-electron chi connectivity index (χ1n) is 10.5. The zero-order valence-corrected chi connectivity index (χ0v) is 17.0. The van der Waals surface area contributed by atoms with Crippen LogP contribution in [0.3, 0.4) is 0 Å². The Morgan fingerprint density at radius 2 is 1.94 bits per heavy atom. The summed E-state index contributed by atoms with van der Waals surface area (Å²) >= 11 is 0. The maximum absolute atomic E-state index is 13.7. The highest BCUT2D eigenvalue weighted by Gasteiger charge is 2.38. The van der Waals surface area contributed by atoms with Gasteiger partial charge in [0.1, 0.15) is 5.69 Å². The van der Waals surface area contributed by atoms with E-state index < -0.39 is 17.8 Å². The molecule has 164 valence electrons. The predicted octanol–water partition coefficient (Wildman–Crippen LogP) is 4.68. The number of likely N-dealkylation sites (tertiary alicyclic amines) is 1. The van der Waals surface area contributed by atoms with Gasteiger partial charge in [0.25, 0.3) is 5.91 Å². The van der Waals surface area contributed by atoms with Gasteiger partial charge in [-0.1, -0.05) is 18.0 Å². The highest BCUT2D eigenvalue weighted by atomic mass is 19.4. The molecular weight excluding hydrogens is 411 g/mol. The third-order valence-electron chi connectivity index (χ3n) is 5.94. The molecule has 1 aliphatic carbocycles. The second-order valence-corrected chi connectivity index (χ2v) is 8.37. The van der Waals surface area contributed by atoms with Crippen LogP contribution in [0.5, 0.6) is 0 Å². The van der Waals surface area contributed by atoms with Gasteiger partial charge in [0, 0.05) is 30.3 Å². The van der Waals surface area contributed by atoms with Crippen molar-refractivity contribution in [1.29, 1.82) is 0 Å². The van der Waals surface area contributed by atoms with Crippen molar-refractivity contribution >= 4 is 11.6 Å². The molecule has 3 aromatic heterocycles. The molecule has 4 heterocycles. The van der Waals surface area contributed by atoms with E-state index in [1.54, 1.807) is 17.9 Å². The molecule has 31 heavy (non-hydrogen) atoms. The van der Waals surface area contributed by atoms with E-state index in [-0.39, 0.29) is 23.3 Å². The largest absolute Gasteiger partial charge is 0.433 e. The zero-order chi connectivity index (χ0) is 21.8. The number of nitrogens with zero attached hydrogens (tertiary/aromatic N) is 5. The van der Waals surface area contributed by atoms with Crippen LogP contribution in [0.25, 0.3) is 5.65 Å². The van der Waals surface area contributed by atoms with Gasteiger partial charge in [-0.25, -0.2) is 9.50 Å². The lowest BCUT2D eigenvalue weighted by atomic mass is 10.1. The third kappa shape index (κ3) is 3.79. The number of hydrogen-bond acceptors (Lipinski definition) is 5. The number of amides is 1. The molecule has 0 radical (unpaired) electrons. The molecule has 1 atom stereocenters. The number of halogens is 3. The van der Waals surface area contributed by atoms with Crippen LogP contribution >= 0.6 is 0 Å². The first kappa shape index (κ1) is 20.0. The molecule has 1 saturated carbocycles. The summed E-state index contributed by atoms with van der Waals surface area (Å²) < 4.78 is 47.2. The Labute approximate surface area is 176 Å². The van der Waals surface area contributed by atoms with Crippen molar-refractivity contribution in [2.24, 2.45) is 0 Å². The summed E-state index contributed by atoms with van der Waals surface area (Å²) in [6.45, 7) is 2.28. The van der Waals surface area contributed by atoms with E-state index in [2.05, 4.69) is 15.2 Å². The van der Waals surface area contributed by atoms with Crippen LogP contribution in [0.15, 0.2) is 22.7 Å². The van der Waals surface area contributed by atoms with Crippen LogP contribution in [-0.4, -0.2) is 37.1 Å². The molecule has 7 nitrogen and oxygen atoms in total. The fourth-order valence-electron chi connectivity index (χ4n) is 4.22. The molecule has 2 aliphatic rings. The van der Waals surface area contributed by atoms with Crippen molar-refractivity contribution in [3.63, 3.8) is 0 Å². The molecule has 3 aromatic rings. The average Bonchev–Trinajstić information content (AvgIpc) is 3.42. The quantitative estimate of drug-likeness (QED) is 0.600. The summed E-state index contributed by atoms with van der Waals surface area (Å²) in [6, 6.07) is 3.89. The standard InChI is InChI=1S/C21H22F3N5O2/c1-12-9-17(31-27-12)16-5-3-2-4-8-28(16)20(30)15-11-19-25-14(13-6-7-13)10-18(21(22,23)24)29(19)26-15/h9-11,13,16H,2-8H2,1H3/t16-/m1/s1. The van der Waals surface area contributed by atoms with E-state index in [9.17, 15) is 18.0 Å². The lowest BCUT2D eigenvalue weighted by molar-refractivity contribution is -0.142. The molecule has 0 unspecified atom stereocenters. The maximum Gasteiger partial charge on any atom is 0.433 e. The maximum atomic E-state index is 13.7. The number of rotatable bonds is 3. The van der Waals surface area contributed by atoms with E-state index in [0.717, 1.165) is 42.7 Å². The molecular formula is C21H22F3N5O2. The molecule has 1 aliphatic heterocycles. The van der Waals surface area contributed by atoms with Crippen LogP contribution in [0, 0.1) is 6.92 Å². The summed E-state index contributed by atoms with van der Waals surface area (Å²) in [4.78, 5) is 19.4. The highest BCUT2D eigenvalue weighted by molar-refractivity contribution is 5.93. The Balaban J connectivity index is 1.55. The molecule has 0 spiro atoms. The second kappa shape index (κ2) is 7.35. The monoisotopic (exact) mass is 433 g/mol. The molecule has 1 saturated heterocycles. The minimum absolute atomic E-state index is 0.0435. The van der Waals surface area contributed by atoms with Gasteiger partial charge >= 0.3 is 6.18 Å². The molecule has 0 N–H and O–H groups in total. The Morgan fingerprint density at radius 3 is 2.61 bits per heavy atom. The van der Waals surface area contributed by atoms with Crippen molar-refractivity contribution < 1.29 is 22.5 Å². The van der Waals surface area contributed by atoms with E-state index in [1.807, 2.05) is 0 Å². The summed E-state index contributed by atoms with van der Waals surface area (Å²) in [7, 11) is 0. The van der Waals surface area contributed by atoms with Crippen molar-refractivity contribution in [3.05, 3.63) is 46.7 Å². The Hall–Kier alpha value is -2.91. The van der Waals surface area contributed by atoms with Gasteiger partial charge in [-0.05, 0) is 38.7 Å². The molecule has 1 amide bonds. The normalized spacial score (nSPS) is 20.3. The minimum Gasteiger partial charge on any atom is -0.359 e. The Bertz CT molecular complexity index is 1130. The van der Waals surface area contributed by atoms with Crippen LogP contribution in [-0.2, 0) is 6.18 Å². The molecule has 2 fully saturated rings. The van der Waals surface area contributed by atoms with Gasteiger partial charge in [-0.2, -0.15) is 18.3 Å². The smallest absolute Gasteiger partial charge is 0.359 e. The summed E-state index contributed by atoms with van der Waals surface area (Å²) in [5.74, 6) is 0.207. The van der Waals surface area contributed by atoms with Crippen molar-refractivity contribution in [2.45, 2.75) is 63.6 Å². The average molecular weight is 433 g/mol.